The van der Waals surface area contributed by atoms with E-state index in [0.29, 0.717) is 11.7 Å². The third kappa shape index (κ3) is 4.38. The largest absolute Gasteiger partial charge is 0.497 e. The third-order valence-corrected chi connectivity index (χ3v) is 7.59. The molecule has 0 aliphatic heterocycles. The van der Waals surface area contributed by atoms with Gasteiger partial charge in [-0.2, -0.15) is 0 Å². The molecule has 6 nitrogen and oxygen atoms in total. The number of aromatic nitrogens is 2. The zero-order chi connectivity index (χ0) is 23.5. The standard InChI is InChI=1S/C28H35N3O3/c1-33-21-16-17-22(25(18-21)34-2)27-30-23-14-8-9-15-24(23)31(27)26(19-10-6-7-11-19)28(32)29-20-12-4-3-5-13-20/h8-9,14-20,26H,3-7,10-13H2,1-2H3,(H,29,32). The second-order valence-electron chi connectivity index (χ2n) is 9.69. The van der Waals surface area contributed by atoms with Gasteiger partial charge in [0.15, 0.2) is 0 Å². The van der Waals surface area contributed by atoms with Crippen LogP contribution in [0.5, 0.6) is 11.5 Å². The molecule has 0 bridgehead atoms. The summed E-state index contributed by atoms with van der Waals surface area (Å²) in [4.78, 5) is 19.0. The number of nitrogens with one attached hydrogen (secondary N) is 1. The summed E-state index contributed by atoms with van der Waals surface area (Å²) in [5, 5.41) is 3.44. The summed E-state index contributed by atoms with van der Waals surface area (Å²) in [6.07, 6.45) is 10.3. The molecule has 2 saturated carbocycles. The van der Waals surface area contributed by atoms with Crippen LogP contribution >= 0.6 is 0 Å². The first-order valence-electron chi connectivity index (χ1n) is 12.7. The molecule has 2 aliphatic carbocycles. The van der Waals surface area contributed by atoms with Crippen molar-refractivity contribution in [2.24, 2.45) is 5.92 Å². The molecule has 180 valence electrons. The minimum Gasteiger partial charge on any atom is -0.497 e. The van der Waals surface area contributed by atoms with Crippen LogP contribution in [0.15, 0.2) is 42.5 Å². The van der Waals surface area contributed by atoms with Crippen molar-refractivity contribution in [2.45, 2.75) is 69.9 Å². The van der Waals surface area contributed by atoms with Crippen LogP contribution in [0.4, 0.5) is 0 Å². The molecule has 2 aromatic carbocycles. The van der Waals surface area contributed by atoms with E-state index in [1.165, 1.54) is 32.1 Å². The predicted octanol–water partition coefficient (Wildman–Crippen LogP) is 5.90. The SMILES string of the molecule is COc1ccc(-c2nc3ccccc3n2C(C(=O)NC2CCCCC2)C2CCCC2)c(OC)c1. The lowest BCUT2D eigenvalue weighted by Crippen LogP contribution is -2.43. The Hall–Kier alpha value is -3.02. The number of methoxy groups -OCH3 is 2. The van der Waals surface area contributed by atoms with Crippen molar-refractivity contribution in [3.05, 3.63) is 42.5 Å². The molecule has 0 radical (unpaired) electrons. The highest BCUT2D eigenvalue weighted by molar-refractivity contribution is 5.88. The van der Waals surface area contributed by atoms with Gasteiger partial charge in [-0.1, -0.05) is 44.2 Å². The summed E-state index contributed by atoms with van der Waals surface area (Å²) in [5.74, 6) is 2.62. The third-order valence-electron chi connectivity index (χ3n) is 7.59. The maximum absolute atomic E-state index is 14.0. The van der Waals surface area contributed by atoms with Gasteiger partial charge in [0, 0.05) is 12.1 Å². The molecule has 0 spiro atoms. The van der Waals surface area contributed by atoms with Crippen LogP contribution in [0.3, 0.4) is 0 Å². The summed E-state index contributed by atoms with van der Waals surface area (Å²) in [6.45, 7) is 0. The highest BCUT2D eigenvalue weighted by Crippen LogP contribution is 2.41. The van der Waals surface area contributed by atoms with E-state index in [1.807, 2.05) is 36.4 Å². The fraction of sp³-hybridized carbons (Fsp3) is 0.500. The molecule has 34 heavy (non-hydrogen) atoms. The number of benzene rings is 2. The molecule has 0 saturated heterocycles. The van der Waals surface area contributed by atoms with Gasteiger partial charge >= 0.3 is 0 Å². The van der Waals surface area contributed by atoms with Crippen LogP contribution < -0.4 is 14.8 Å². The lowest BCUT2D eigenvalue weighted by molar-refractivity contribution is -0.126. The molecule has 1 atom stereocenters. The van der Waals surface area contributed by atoms with Crippen molar-refractivity contribution in [1.29, 1.82) is 0 Å². The second-order valence-corrected chi connectivity index (χ2v) is 9.69. The van der Waals surface area contributed by atoms with Crippen molar-refractivity contribution in [3.63, 3.8) is 0 Å². The number of imidazole rings is 1. The molecule has 1 heterocycles. The molecule has 1 amide bonds. The first-order chi connectivity index (χ1) is 16.7. The number of para-hydroxylation sites is 2. The van der Waals surface area contributed by atoms with Crippen molar-refractivity contribution >= 4 is 16.9 Å². The van der Waals surface area contributed by atoms with Gasteiger partial charge < -0.3 is 19.4 Å². The van der Waals surface area contributed by atoms with E-state index in [4.69, 9.17) is 14.5 Å². The van der Waals surface area contributed by atoms with Crippen molar-refractivity contribution < 1.29 is 14.3 Å². The van der Waals surface area contributed by atoms with Crippen LogP contribution in [0, 0.1) is 5.92 Å². The Kier molecular flexibility index (Phi) is 6.75. The number of amides is 1. The topological polar surface area (TPSA) is 65.4 Å². The maximum atomic E-state index is 14.0. The zero-order valence-electron chi connectivity index (χ0n) is 20.3. The summed E-state index contributed by atoms with van der Waals surface area (Å²) < 4.78 is 13.4. The number of hydrogen-bond acceptors (Lipinski definition) is 4. The minimum absolute atomic E-state index is 0.135. The monoisotopic (exact) mass is 461 g/mol. The van der Waals surface area contributed by atoms with Gasteiger partial charge in [0.1, 0.15) is 23.4 Å². The van der Waals surface area contributed by atoms with Gasteiger partial charge in [-0.15, -0.1) is 0 Å². The molecule has 1 N–H and O–H groups in total. The average Bonchev–Trinajstić information content (AvgIpc) is 3.53. The molecular formula is C28H35N3O3. The van der Waals surface area contributed by atoms with E-state index in [-0.39, 0.29) is 18.0 Å². The van der Waals surface area contributed by atoms with Crippen molar-refractivity contribution in [1.82, 2.24) is 14.9 Å². The minimum atomic E-state index is -0.293. The predicted molar refractivity (Wildman–Crippen MR) is 134 cm³/mol. The van der Waals surface area contributed by atoms with Gasteiger partial charge in [-0.05, 0) is 55.9 Å². The number of fused-ring (bicyclic) bond motifs is 1. The van der Waals surface area contributed by atoms with Gasteiger partial charge in [0.2, 0.25) is 5.91 Å². The van der Waals surface area contributed by atoms with E-state index in [2.05, 4.69) is 16.0 Å². The summed E-state index contributed by atoms with van der Waals surface area (Å²) in [7, 11) is 3.31. The van der Waals surface area contributed by atoms with Crippen molar-refractivity contribution in [3.8, 4) is 22.9 Å². The van der Waals surface area contributed by atoms with E-state index < -0.39 is 0 Å². The van der Waals surface area contributed by atoms with Crippen LogP contribution in [-0.4, -0.2) is 35.7 Å². The number of rotatable bonds is 7. The molecule has 1 aromatic heterocycles. The number of nitrogens with zero attached hydrogens (tertiary/aromatic N) is 2. The summed E-state index contributed by atoms with van der Waals surface area (Å²) >= 11 is 0. The fourth-order valence-electron chi connectivity index (χ4n) is 5.85. The lowest BCUT2D eigenvalue weighted by atomic mass is 9.93. The maximum Gasteiger partial charge on any atom is 0.243 e. The molecular weight excluding hydrogens is 426 g/mol. The normalized spacial score (nSPS) is 18.2. The molecule has 2 aliphatic rings. The Balaban J connectivity index is 1.64. The average molecular weight is 462 g/mol. The van der Waals surface area contributed by atoms with Crippen molar-refractivity contribution in [2.75, 3.05) is 14.2 Å². The summed E-state index contributed by atoms with van der Waals surface area (Å²) in [5.41, 5.74) is 2.75. The number of carbonyl (C=O) groups is 1. The first-order valence-corrected chi connectivity index (χ1v) is 12.7. The van der Waals surface area contributed by atoms with Gasteiger partial charge in [-0.25, -0.2) is 4.98 Å². The van der Waals surface area contributed by atoms with Crippen LogP contribution in [-0.2, 0) is 4.79 Å². The van der Waals surface area contributed by atoms with Crippen LogP contribution in [0.1, 0.15) is 63.8 Å². The highest BCUT2D eigenvalue weighted by atomic mass is 16.5. The molecule has 6 heteroatoms. The molecule has 5 rings (SSSR count). The van der Waals surface area contributed by atoms with Crippen LogP contribution in [0.25, 0.3) is 22.4 Å². The Bertz CT molecular complexity index is 1140. The number of hydrogen-bond donors (Lipinski definition) is 1. The van der Waals surface area contributed by atoms with Gasteiger partial charge in [0.25, 0.3) is 0 Å². The Morgan fingerprint density at radius 1 is 0.971 bits per heavy atom. The van der Waals surface area contributed by atoms with Gasteiger partial charge in [-0.3, -0.25) is 4.79 Å². The Morgan fingerprint density at radius 2 is 1.71 bits per heavy atom. The van der Waals surface area contributed by atoms with E-state index in [9.17, 15) is 4.79 Å². The second kappa shape index (κ2) is 10.1. The smallest absolute Gasteiger partial charge is 0.243 e. The number of carbonyl (C=O) groups excluding carboxylic acids is 1. The van der Waals surface area contributed by atoms with E-state index in [0.717, 1.165) is 53.9 Å². The van der Waals surface area contributed by atoms with E-state index in [1.54, 1.807) is 14.2 Å². The number of ether oxygens (including phenoxy) is 2. The Morgan fingerprint density at radius 3 is 2.44 bits per heavy atom. The Labute approximate surface area is 201 Å². The van der Waals surface area contributed by atoms with Gasteiger partial charge in [0.05, 0.1) is 30.8 Å². The fourth-order valence-corrected chi connectivity index (χ4v) is 5.85. The quantitative estimate of drug-likeness (QED) is 0.476. The molecule has 1 unspecified atom stereocenters. The summed E-state index contributed by atoms with van der Waals surface area (Å²) in [6, 6.07) is 13.9. The zero-order valence-corrected chi connectivity index (χ0v) is 20.3. The molecule has 3 aromatic rings. The highest BCUT2D eigenvalue weighted by Gasteiger charge is 2.36. The first kappa shape index (κ1) is 22.8. The van der Waals surface area contributed by atoms with Crippen LogP contribution in [0.2, 0.25) is 0 Å². The van der Waals surface area contributed by atoms with E-state index >= 15 is 0 Å². The molecule has 2 fully saturated rings. The lowest BCUT2D eigenvalue weighted by Gasteiger charge is -2.30.